The van der Waals surface area contributed by atoms with Gasteiger partial charge in [0.15, 0.2) is 6.10 Å². The summed E-state index contributed by atoms with van der Waals surface area (Å²) in [5, 5.41) is 9.67. The van der Waals surface area contributed by atoms with E-state index in [2.05, 4.69) is 50.3 Å². The van der Waals surface area contributed by atoms with E-state index in [1.807, 2.05) is 0 Å². The van der Waals surface area contributed by atoms with Gasteiger partial charge >= 0.3 is 11.9 Å². The minimum Gasteiger partial charge on any atom is -0.462 e. The highest BCUT2D eigenvalue weighted by molar-refractivity contribution is 5.70. The predicted molar refractivity (Wildman–Crippen MR) is 311 cm³/mol. The first-order chi connectivity index (χ1) is 35.1. The van der Waals surface area contributed by atoms with Crippen molar-refractivity contribution in [3.05, 3.63) is 36.5 Å². The Balaban J connectivity index is 3.39. The summed E-state index contributed by atoms with van der Waals surface area (Å²) in [4.78, 5) is 24.6. The molecule has 0 aromatic heterocycles. The van der Waals surface area contributed by atoms with Gasteiger partial charge in [0.05, 0.1) is 6.61 Å². The maximum atomic E-state index is 12.3. The Morgan fingerprint density at radius 1 is 0.324 bits per heavy atom. The van der Waals surface area contributed by atoms with Crippen LogP contribution in [0.1, 0.15) is 354 Å². The second-order valence-corrected chi connectivity index (χ2v) is 21.9. The molecular formula is C66H124O5. The summed E-state index contributed by atoms with van der Waals surface area (Å²) in [6.45, 7) is 4.18. The molecule has 0 rings (SSSR count). The Hall–Kier alpha value is -1.88. The Labute approximate surface area is 444 Å². The number of hydrogen-bond acceptors (Lipinski definition) is 5. The average Bonchev–Trinajstić information content (AvgIpc) is 3.37. The van der Waals surface area contributed by atoms with Crippen LogP contribution in [-0.2, 0) is 19.1 Å². The van der Waals surface area contributed by atoms with E-state index >= 15 is 0 Å². The number of allylic oxidation sites excluding steroid dienone is 6. The van der Waals surface area contributed by atoms with Gasteiger partial charge in [-0.25, -0.2) is 0 Å². The first-order valence-electron chi connectivity index (χ1n) is 32.0. The van der Waals surface area contributed by atoms with Gasteiger partial charge in [-0.1, -0.05) is 326 Å². The van der Waals surface area contributed by atoms with Crippen molar-refractivity contribution in [3.8, 4) is 0 Å². The lowest BCUT2D eigenvalue weighted by atomic mass is 10.0. The summed E-state index contributed by atoms with van der Waals surface area (Å²) >= 11 is 0. The molecule has 1 atom stereocenters. The van der Waals surface area contributed by atoms with Gasteiger partial charge in [0.1, 0.15) is 6.61 Å². The topological polar surface area (TPSA) is 72.8 Å². The molecule has 0 bridgehead atoms. The van der Waals surface area contributed by atoms with E-state index in [0.29, 0.717) is 12.8 Å². The second kappa shape index (κ2) is 62.4. The molecule has 0 spiro atoms. The molecule has 71 heavy (non-hydrogen) atoms. The van der Waals surface area contributed by atoms with Crippen molar-refractivity contribution >= 4 is 11.9 Å². The van der Waals surface area contributed by atoms with E-state index in [0.717, 1.165) is 44.9 Å². The molecule has 0 aliphatic rings. The van der Waals surface area contributed by atoms with Gasteiger partial charge in [0, 0.05) is 12.8 Å². The standard InChI is InChI=1S/C66H124O5/c1-3-5-7-9-11-13-15-17-19-21-23-25-26-27-28-29-30-31-32-33-34-35-36-37-38-39-40-41-43-45-47-49-51-53-55-57-59-61-66(69)71-64(62-67)63-70-65(68)60-58-56-54-52-50-48-46-44-42-24-22-20-18-16-14-12-10-8-6-4-2/h15,17,21,23,26-27,64,67H,3-14,16,18-20,22,24-25,28-63H2,1-2H3/b17-15-,23-21-,27-26-. The monoisotopic (exact) mass is 997 g/mol. The molecule has 0 fully saturated rings. The lowest BCUT2D eigenvalue weighted by Crippen LogP contribution is -2.28. The quantitative estimate of drug-likeness (QED) is 0.0373. The zero-order chi connectivity index (χ0) is 51.3. The van der Waals surface area contributed by atoms with E-state index in [4.69, 9.17) is 9.47 Å². The Morgan fingerprint density at radius 2 is 0.563 bits per heavy atom. The third-order valence-electron chi connectivity index (χ3n) is 14.7. The number of aliphatic hydroxyl groups is 1. The maximum Gasteiger partial charge on any atom is 0.306 e. The van der Waals surface area contributed by atoms with Crippen molar-refractivity contribution in [1.82, 2.24) is 0 Å². The van der Waals surface area contributed by atoms with Crippen molar-refractivity contribution in [3.63, 3.8) is 0 Å². The Kier molecular flexibility index (Phi) is 60.8. The van der Waals surface area contributed by atoms with Crippen LogP contribution in [0.3, 0.4) is 0 Å². The van der Waals surface area contributed by atoms with Crippen molar-refractivity contribution in [2.45, 2.75) is 360 Å². The van der Waals surface area contributed by atoms with Gasteiger partial charge < -0.3 is 14.6 Å². The number of carbonyl (C=O) groups is 2. The Bertz CT molecular complexity index is 1130. The van der Waals surface area contributed by atoms with Crippen LogP contribution in [0.25, 0.3) is 0 Å². The van der Waals surface area contributed by atoms with Gasteiger partial charge in [-0.3, -0.25) is 9.59 Å². The van der Waals surface area contributed by atoms with Gasteiger partial charge in [-0.15, -0.1) is 0 Å². The van der Waals surface area contributed by atoms with Gasteiger partial charge in [-0.2, -0.15) is 0 Å². The van der Waals surface area contributed by atoms with Crippen LogP contribution in [0.2, 0.25) is 0 Å². The number of aliphatic hydroxyl groups excluding tert-OH is 1. The highest BCUT2D eigenvalue weighted by atomic mass is 16.6. The summed E-state index contributed by atoms with van der Waals surface area (Å²) in [7, 11) is 0. The third kappa shape index (κ3) is 60.6. The number of hydrogen-bond donors (Lipinski definition) is 1. The molecule has 0 aliphatic carbocycles. The van der Waals surface area contributed by atoms with Crippen LogP contribution >= 0.6 is 0 Å². The minimum atomic E-state index is -0.768. The molecule has 5 heteroatoms. The van der Waals surface area contributed by atoms with Gasteiger partial charge in [-0.05, 0) is 51.4 Å². The normalized spacial score (nSPS) is 12.3. The van der Waals surface area contributed by atoms with Crippen LogP contribution < -0.4 is 0 Å². The summed E-state index contributed by atoms with van der Waals surface area (Å²) < 4.78 is 10.7. The molecule has 0 saturated heterocycles. The van der Waals surface area contributed by atoms with E-state index in [1.165, 1.54) is 283 Å². The lowest BCUT2D eigenvalue weighted by Gasteiger charge is -2.15. The van der Waals surface area contributed by atoms with Crippen LogP contribution in [0.15, 0.2) is 36.5 Å². The largest absolute Gasteiger partial charge is 0.462 e. The number of unbranched alkanes of at least 4 members (excludes halogenated alkanes) is 46. The molecule has 0 aromatic rings. The van der Waals surface area contributed by atoms with Crippen molar-refractivity contribution < 1.29 is 24.2 Å². The van der Waals surface area contributed by atoms with Crippen LogP contribution in [-0.4, -0.2) is 36.4 Å². The molecule has 0 heterocycles. The summed E-state index contributed by atoms with van der Waals surface area (Å²) in [6.07, 6.45) is 81.6. The number of carbonyl (C=O) groups excluding carboxylic acids is 2. The summed E-state index contributed by atoms with van der Waals surface area (Å²) in [5.74, 6) is -0.567. The fraction of sp³-hybridized carbons (Fsp3) is 0.879. The second-order valence-electron chi connectivity index (χ2n) is 21.9. The maximum absolute atomic E-state index is 12.3. The number of ether oxygens (including phenoxy) is 2. The fourth-order valence-electron chi connectivity index (χ4n) is 9.86. The predicted octanol–water partition coefficient (Wildman–Crippen LogP) is 21.8. The van der Waals surface area contributed by atoms with E-state index in [1.54, 1.807) is 0 Å². The molecule has 1 N–H and O–H groups in total. The van der Waals surface area contributed by atoms with Crippen molar-refractivity contribution in [1.29, 1.82) is 0 Å². The molecule has 5 nitrogen and oxygen atoms in total. The van der Waals surface area contributed by atoms with Gasteiger partial charge in [0.2, 0.25) is 0 Å². The van der Waals surface area contributed by atoms with Crippen LogP contribution in [0.5, 0.6) is 0 Å². The summed E-state index contributed by atoms with van der Waals surface area (Å²) in [5.41, 5.74) is 0. The lowest BCUT2D eigenvalue weighted by molar-refractivity contribution is -0.161. The van der Waals surface area contributed by atoms with E-state index in [9.17, 15) is 14.7 Å². The molecular weight excluding hydrogens is 873 g/mol. The minimum absolute atomic E-state index is 0.0585. The molecule has 0 radical (unpaired) electrons. The van der Waals surface area contributed by atoms with Crippen molar-refractivity contribution in [2.24, 2.45) is 0 Å². The highest BCUT2D eigenvalue weighted by Crippen LogP contribution is 2.18. The first-order valence-corrected chi connectivity index (χ1v) is 32.0. The number of esters is 2. The zero-order valence-electron chi connectivity index (χ0n) is 48.0. The Morgan fingerprint density at radius 3 is 0.845 bits per heavy atom. The van der Waals surface area contributed by atoms with E-state index < -0.39 is 6.10 Å². The SMILES string of the molecule is CCCCCCC/C=C\C/C=C\C/C=C\CCCCCCCCCCCCCCCCCCCCCCCCC(=O)OC(CO)COC(=O)CCCCCCCCCCCCCCCCCCCCCC. The highest BCUT2D eigenvalue weighted by Gasteiger charge is 2.16. The van der Waals surface area contributed by atoms with Gasteiger partial charge in [0.25, 0.3) is 0 Å². The third-order valence-corrected chi connectivity index (χ3v) is 14.7. The van der Waals surface area contributed by atoms with Crippen LogP contribution in [0.4, 0.5) is 0 Å². The smallest absolute Gasteiger partial charge is 0.306 e. The van der Waals surface area contributed by atoms with E-state index in [-0.39, 0.29) is 25.2 Å². The molecule has 0 amide bonds. The molecule has 0 aliphatic heterocycles. The first kappa shape index (κ1) is 69.1. The molecule has 1 unspecified atom stereocenters. The zero-order valence-corrected chi connectivity index (χ0v) is 48.0. The number of rotatable bonds is 60. The fourth-order valence-corrected chi connectivity index (χ4v) is 9.86. The van der Waals surface area contributed by atoms with Crippen LogP contribution in [0, 0.1) is 0 Å². The summed E-state index contributed by atoms with van der Waals surface area (Å²) in [6, 6.07) is 0. The molecule has 418 valence electrons. The average molecular weight is 998 g/mol. The molecule has 0 saturated carbocycles. The molecule has 0 aromatic carbocycles. The van der Waals surface area contributed by atoms with Crippen molar-refractivity contribution in [2.75, 3.05) is 13.2 Å².